The maximum Gasteiger partial charge on any atom is 0.408 e. The highest BCUT2D eigenvalue weighted by Crippen LogP contribution is 2.31. The van der Waals surface area contributed by atoms with E-state index in [1.807, 2.05) is 26.8 Å². The van der Waals surface area contributed by atoms with Crippen molar-refractivity contribution in [1.82, 2.24) is 9.80 Å². The van der Waals surface area contributed by atoms with Gasteiger partial charge < -0.3 is 9.84 Å². The predicted molar refractivity (Wildman–Crippen MR) is 107 cm³/mol. The molecule has 0 unspecified atom stereocenters. The SMILES string of the molecule is CC(C)(C)N(C(=O)O)[C@@H]1CCN([C@H]2CCCC[C@@H]2OCc2ccccc2)C1. The van der Waals surface area contributed by atoms with E-state index < -0.39 is 6.09 Å². The van der Waals surface area contributed by atoms with Gasteiger partial charge in [0.2, 0.25) is 0 Å². The number of hydrogen-bond acceptors (Lipinski definition) is 3. The van der Waals surface area contributed by atoms with Crippen LogP contribution in [0.15, 0.2) is 30.3 Å². The van der Waals surface area contributed by atoms with Gasteiger partial charge in [-0.3, -0.25) is 9.80 Å². The molecule has 3 atom stereocenters. The third kappa shape index (κ3) is 5.02. The Morgan fingerprint density at radius 2 is 1.89 bits per heavy atom. The van der Waals surface area contributed by atoms with Crippen molar-refractivity contribution in [2.75, 3.05) is 13.1 Å². The minimum absolute atomic E-state index is 0.0687. The van der Waals surface area contributed by atoms with Crippen LogP contribution in [0.5, 0.6) is 0 Å². The Hall–Kier alpha value is -1.59. The molecule has 1 saturated heterocycles. The quantitative estimate of drug-likeness (QED) is 0.832. The van der Waals surface area contributed by atoms with Crippen molar-refractivity contribution in [3.63, 3.8) is 0 Å². The lowest BCUT2D eigenvalue weighted by Gasteiger charge is -2.40. The van der Waals surface area contributed by atoms with E-state index >= 15 is 0 Å². The highest BCUT2D eigenvalue weighted by atomic mass is 16.5. The van der Waals surface area contributed by atoms with Crippen molar-refractivity contribution in [2.24, 2.45) is 0 Å². The molecule has 2 aliphatic rings. The summed E-state index contributed by atoms with van der Waals surface area (Å²) >= 11 is 0. The highest BCUT2D eigenvalue weighted by Gasteiger charge is 2.41. The van der Waals surface area contributed by atoms with Gasteiger partial charge in [0.15, 0.2) is 0 Å². The molecule has 5 heteroatoms. The first-order chi connectivity index (χ1) is 12.9. The molecule has 1 heterocycles. The smallest absolute Gasteiger partial charge is 0.408 e. The largest absolute Gasteiger partial charge is 0.465 e. The molecular weight excluding hydrogens is 340 g/mol. The van der Waals surface area contributed by atoms with Crippen molar-refractivity contribution in [2.45, 2.75) is 83.2 Å². The summed E-state index contributed by atoms with van der Waals surface area (Å²) in [6, 6.07) is 10.8. The molecule has 0 radical (unpaired) electrons. The maximum atomic E-state index is 11.8. The Morgan fingerprint density at radius 3 is 2.56 bits per heavy atom. The van der Waals surface area contributed by atoms with E-state index in [1.165, 1.54) is 18.4 Å². The average molecular weight is 375 g/mol. The van der Waals surface area contributed by atoms with Crippen LogP contribution < -0.4 is 0 Å². The molecule has 0 bridgehead atoms. The second kappa shape index (κ2) is 8.61. The number of benzene rings is 1. The van der Waals surface area contributed by atoms with Crippen LogP contribution in [0.25, 0.3) is 0 Å². The standard InChI is InChI=1S/C22H34N2O3/c1-22(2,3)24(21(25)26)18-13-14-23(15-18)19-11-7-8-12-20(19)27-16-17-9-5-4-6-10-17/h4-6,9-10,18-20H,7-8,11-16H2,1-3H3,(H,25,26)/t18-,19+,20+/m1/s1. The fraction of sp³-hybridized carbons (Fsp3) is 0.682. The Labute approximate surface area is 163 Å². The molecule has 1 aliphatic carbocycles. The highest BCUT2D eigenvalue weighted by molar-refractivity contribution is 5.66. The molecule has 3 rings (SSSR count). The normalized spacial score (nSPS) is 26.9. The first-order valence-corrected chi connectivity index (χ1v) is 10.3. The predicted octanol–water partition coefficient (Wildman–Crippen LogP) is 4.37. The molecule has 1 saturated carbocycles. The zero-order valence-electron chi connectivity index (χ0n) is 16.9. The van der Waals surface area contributed by atoms with E-state index in [1.54, 1.807) is 4.90 Å². The van der Waals surface area contributed by atoms with Crippen LogP contribution >= 0.6 is 0 Å². The first kappa shape index (κ1) is 20.2. The van der Waals surface area contributed by atoms with E-state index in [4.69, 9.17) is 4.74 Å². The van der Waals surface area contributed by atoms with E-state index in [2.05, 4.69) is 29.2 Å². The molecule has 150 valence electrons. The van der Waals surface area contributed by atoms with Gasteiger partial charge in [-0.25, -0.2) is 4.79 Å². The van der Waals surface area contributed by atoms with Gasteiger partial charge in [-0.15, -0.1) is 0 Å². The molecular formula is C22H34N2O3. The molecule has 1 amide bonds. The maximum absolute atomic E-state index is 11.8. The van der Waals surface area contributed by atoms with E-state index in [0.717, 1.165) is 32.4 Å². The Balaban J connectivity index is 1.62. The van der Waals surface area contributed by atoms with Gasteiger partial charge in [-0.1, -0.05) is 43.2 Å². The van der Waals surface area contributed by atoms with E-state index in [9.17, 15) is 9.90 Å². The van der Waals surface area contributed by atoms with Gasteiger partial charge in [-0.05, 0) is 45.6 Å². The number of amides is 1. The van der Waals surface area contributed by atoms with Crippen molar-refractivity contribution in [1.29, 1.82) is 0 Å². The van der Waals surface area contributed by atoms with Crippen LogP contribution in [-0.4, -0.2) is 57.8 Å². The van der Waals surface area contributed by atoms with Gasteiger partial charge in [0, 0.05) is 30.7 Å². The van der Waals surface area contributed by atoms with E-state index in [0.29, 0.717) is 12.6 Å². The van der Waals surface area contributed by atoms with Gasteiger partial charge in [-0.2, -0.15) is 0 Å². The van der Waals surface area contributed by atoms with Crippen LogP contribution in [0.1, 0.15) is 58.4 Å². The van der Waals surface area contributed by atoms with E-state index in [-0.39, 0.29) is 17.7 Å². The number of likely N-dealkylation sites (tertiary alicyclic amines) is 1. The summed E-state index contributed by atoms with van der Waals surface area (Å²) in [7, 11) is 0. The van der Waals surface area contributed by atoms with Crippen molar-refractivity contribution in [3.05, 3.63) is 35.9 Å². The van der Waals surface area contributed by atoms with Crippen LogP contribution in [-0.2, 0) is 11.3 Å². The minimum atomic E-state index is -0.810. The van der Waals surface area contributed by atoms with Crippen molar-refractivity contribution >= 4 is 6.09 Å². The lowest BCUT2D eigenvalue weighted by molar-refractivity contribution is -0.0410. The Kier molecular flexibility index (Phi) is 6.43. The van der Waals surface area contributed by atoms with Gasteiger partial charge in [0.1, 0.15) is 0 Å². The van der Waals surface area contributed by atoms with Crippen LogP contribution in [0, 0.1) is 0 Å². The number of ether oxygens (including phenoxy) is 1. The summed E-state index contributed by atoms with van der Waals surface area (Å²) in [5.74, 6) is 0. The zero-order chi connectivity index (χ0) is 19.4. The number of carbonyl (C=O) groups is 1. The first-order valence-electron chi connectivity index (χ1n) is 10.3. The Morgan fingerprint density at radius 1 is 1.19 bits per heavy atom. The lowest BCUT2D eigenvalue weighted by Crippen LogP contribution is -2.53. The molecule has 27 heavy (non-hydrogen) atoms. The third-order valence-corrected chi connectivity index (χ3v) is 5.93. The monoisotopic (exact) mass is 374 g/mol. The van der Waals surface area contributed by atoms with Gasteiger partial charge in [0.25, 0.3) is 0 Å². The number of hydrogen-bond donors (Lipinski definition) is 1. The minimum Gasteiger partial charge on any atom is -0.465 e. The topological polar surface area (TPSA) is 53.0 Å². The number of carboxylic acid groups (broad SMARTS) is 1. The number of nitrogens with zero attached hydrogens (tertiary/aromatic N) is 2. The van der Waals surface area contributed by atoms with Gasteiger partial charge >= 0.3 is 6.09 Å². The van der Waals surface area contributed by atoms with Crippen LogP contribution in [0.3, 0.4) is 0 Å². The molecule has 1 aromatic carbocycles. The summed E-state index contributed by atoms with van der Waals surface area (Å²) in [6.45, 7) is 8.38. The van der Waals surface area contributed by atoms with Crippen molar-refractivity contribution < 1.29 is 14.6 Å². The molecule has 0 aromatic heterocycles. The summed E-state index contributed by atoms with van der Waals surface area (Å²) in [5.41, 5.74) is 0.841. The summed E-state index contributed by atoms with van der Waals surface area (Å²) < 4.78 is 6.33. The lowest BCUT2D eigenvalue weighted by atomic mass is 9.91. The van der Waals surface area contributed by atoms with Gasteiger partial charge in [0.05, 0.1) is 12.7 Å². The second-order valence-electron chi connectivity index (χ2n) is 8.95. The molecule has 1 aromatic rings. The molecule has 5 nitrogen and oxygen atoms in total. The Bertz CT molecular complexity index is 614. The second-order valence-corrected chi connectivity index (χ2v) is 8.95. The third-order valence-electron chi connectivity index (χ3n) is 5.93. The molecule has 2 fully saturated rings. The fourth-order valence-corrected chi connectivity index (χ4v) is 4.74. The fourth-order valence-electron chi connectivity index (χ4n) is 4.74. The van der Waals surface area contributed by atoms with Crippen LogP contribution in [0.4, 0.5) is 4.79 Å². The molecule has 0 spiro atoms. The molecule has 1 N–H and O–H groups in total. The summed E-state index contributed by atoms with van der Waals surface area (Å²) in [5, 5.41) is 9.71. The summed E-state index contributed by atoms with van der Waals surface area (Å²) in [4.78, 5) is 16.0. The number of rotatable bonds is 5. The average Bonchev–Trinajstić information content (AvgIpc) is 3.08. The van der Waals surface area contributed by atoms with Crippen LogP contribution in [0.2, 0.25) is 0 Å². The zero-order valence-corrected chi connectivity index (χ0v) is 16.9. The summed E-state index contributed by atoms with van der Waals surface area (Å²) in [6.07, 6.45) is 5.04. The van der Waals surface area contributed by atoms with Crippen molar-refractivity contribution in [3.8, 4) is 0 Å². The molecule has 1 aliphatic heterocycles.